The first-order valence-corrected chi connectivity index (χ1v) is 24.4. The van der Waals surface area contributed by atoms with Crippen LogP contribution < -0.4 is 24.8 Å². The fourth-order valence-electron chi connectivity index (χ4n) is 9.39. The second-order valence-electron chi connectivity index (χ2n) is 16.6. The van der Waals surface area contributed by atoms with Crippen LogP contribution in [0.25, 0.3) is 22.3 Å². The molecule has 0 bridgehead atoms. The van der Waals surface area contributed by atoms with Gasteiger partial charge in [-0.25, -0.2) is 0 Å². The molecule has 47 heavy (non-hydrogen) atoms. The minimum atomic E-state index is -2.66. The molecule has 1 atom stereocenters. The van der Waals surface area contributed by atoms with Crippen molar-refractivity contribution in [2.45, 2.75) is 96.4 Å². The zero-order valence-electron chi connectivity index (χ0n) is 30.3. The molecule has 3 aromatic carbocycles. The summed E-state index contributed by atoms with van der Waals surface area (Å²) in [7, 11) is -1.48. The number of halogens is 2. The van der Waals surface area contributed by atoms with E-state index >= 15 is 0 Å². The van der Waals surface area contributed by atoms with Crippen LogP contribution in [-0.4, -0.2) is 11.3 Å². The molecule has 0 heterocycles. The smallest absolute Gasteiger partial charge is 1.00 e. The van der Waals surface area contributed by atoms with Crippen LogP contribution in [0.15, 0.2) is 86.9 Å². The van der Waals surface area contributed by atoms with Crippen LogP contribution in [0.1, 0.15) is 105 Å². The van der Waals surface area contributed by atoms with Crippen molar-refractivity contribution in [1.82, 2.24) is 0 Å². The molecule has 0 radical (unpaired) electrons. The van der Waals surface area contributed by atoms with E-state index in [1.807, 2.05) is 3.28 Å². The maximum absolute atomic E-state index is 2.69. The van der Waals surface area contributed by atoms with E-state index in [1.165, 1.54) is 50.1 Å². The maximum atomic E-state index is 2.69. The van der Waals surface area contributed by atoms with Crippen molar-refractivity contribution in [2.75, 3.05) is 0 Å². The average molecular weight is 757 g/mol. The molecule has 4 heteroatoms. The molecule has 0 nitrogen and oxygen atoms in total. The van der Waals surface area contributed by atoms with Crippen molar-refractivity contribution in [3.8, 4) is 11.1 Å². The minimum absolute atomic E-state index is 0. The summed E-state index contributed by atoms with van der Waals surface area (Å²) in [5.41, 5.74) is 18.3. The molecule has 0 spiro atoms. The maximum Gasteiger partial charge on any atom is -1.00 e. The summed E-state index contributed by atoms with van der Waals surface area (Å²) >= 11 is -2.66. The van der Waals surface area contributed by atoms with Crippen LogP contribution in [0.2, 0.25) is 19.6 Å². The van der Waals surface area contributed by atoms with Crippen molar-refractivity contribution >= 4 is 22.4 Å². The second-order valence-corrected chi connectivity index (χ2v) is 28.2. The number of hydrogen-bond donors (Lipinski definition) is 0. The van der Waals surface area contributed by atoms with Gasteiger partial charge in [-0.1, -0.05) is 0 Å². The number of benzene rings is 3. The van der Waals surface area contributed by atoms with E-state index in [0.717, 1.165) is 0 Å². The molecule has 0 fully saturated rings. The summed E-state index contributed by atoms with van der Waals surface area (Å²) in [4.78, 5) is 0. The van der Waals surface area contributed by atoms with E-state index < -0.39 is 29.3 Å². The Kier molecular flexibility index (Phi) is 9.46. The zero-order chi connectivity index (χ0) is 32.4. The van der Waals surface area contributed by atoms with Crippen LogP contribution in [0.5, 0.6) is 0 Å². The van der Waals surface area contributed by atoms with E-state index in [4.69, 9.17) is 0 Å². The van der Waals surface area contributed by atoms with Gasteiger partial charge in [-0.2, -0.15) is 0 Å². The first-order chi connectivity index (χ1) is 21.0. The number of rotatable bonds is 4. The van der Waals surface area contributed by atoms with E-state index in [0.29, 0.717) is 9.54 Å². The quantitative estimate of drug-likeness (QED) is 0.299. The van der Waals surface area contributed by atoms with Crippen molar-refractivity contribution in [1.29, 1.82) is 0 Å². The van der Waals surface area contributed by atoms with Gasteiger partial charge >= 0.3 is 283 Å². The Morgan fingerprint density at radius 1 is 0.702 bits per heavy atom. The number of allylic oxidation sites excluding steroid dienone is 8. The molecule has 244 valence electrons. The molecule has 4 aliphatic rings. The molecular weight excluding hydrogens is 707 g/mol. The van der Waals surface area contributed by atoms with Crippen LogP contribution in [0, 0.1) is 5.92 Å². The second kappa shape index (κ2) is 12.2. The molecule has 0 saturated heterocycles. The topological polar surface area (TPSA) is 0 Å². The van der Waals surface area contributed by atoms with Crippen molar-refractivity contribution in [2.24, 2.45) is 5.92 Å². The van der Waals surface area contributed by atoms with Crippen LogP contribution in [0.3, 0.4) is 0 Å². The molecule has 0 N–H and O–H groups in total. The van der Waals surface area contributed by atoms with Crippen molar-refractivity contribution in [3.63, 3.8) is 0 Å². The molecule has 0 amide bonds. The number of fused-ring (bicyclic) bond motifs is 5. The van der Waals surface area contributed by atoms with Gasteiger partial charge in [0.1, 0.15) is 0 Å². The van der Waals surface area contributed by atoms with Gasteiger partial charge in [-0.15, -0.1) is 0 Å². The van der Waals surface area contributed by atoms with E-state index in [9.17, 15) is 0 Å². The summed E-state index contributed by atoms with van der Waals surface area (Å²) in [6, 6.07) is 22.0. The van der Waals surface area contributed by atoms with Gasteiger partial charge in [0.15, 0.2) is 0 Å². The zero-order valence-corrected chi connectivity index (χ0v) is 35.3. The third-order valence-corrected chi connectivity index (χ3v) is 22.6. The van der Waals surface area contributed by atoms with Crippen molar-refractivity contribution < 1.29 is 46.1 Å². The normalized spacial score (nSPS) is 20.3. The molecule has 0 aromatic heterocycles. The first kappa shape index (κ1) is 36.5. The Hall–Kier alpha value is -1.83. The minimum Gasteiger partial charge on any atom is -1.00 e. The number of hydrogen-bond acceptors (Lipinski definition) is 0. The largest absolute Gasteiger partial charge is 1.00 e. The Morgan fingerprint density at radius 3 is 1.60 bits per heavy atom. The molecule has 4 aliphatic carbocycles. The monoisotopic (exact) mass is 754 g/mol. The van der Waals surface area contributed by atoms with Gasteiger partial charge in [-0.05, 0) is 0 Å². The summed E-state index contributed by atoms with van der Waals surface area (Å²) in [5, 5.41) is 1.70. The van der Waals surface area contributed by atoms with E-state index in [2.05, 4.69) is 155 Å². The molecular formula is C43H50Cl2SiZr. The predicted octanol–water partition coefficient (Wildman–Crippen LogP) is 5.74. The molecule has 0 saturated carbocycles. The summed E-state index contributed by atoms with van der Waals surface area (Å²) < 4.78 is 3.99. The third-order valence-electron chi connectivity index (χ3n) is 11.4. The summed E-state index contributed by atoms with van der Waals surface area (Å²) in [6.07, 6.45) is 7.68. The predicted molar refractivity (Wildman–Crippen MR) is 197 cm³/mol. The fraction of sp³-hybridized carbons (Fsp3) is 0.372. The van der Waals surface area contributed by atoms with Crippen LogP contribution in [0.4, 0.5) is 0 Å². The van der Waals surface area contributed by atoms with Gasteiger partial charge in [0, 0.05) is 0 Å². The van der Waals surface area contributed by atoms with Gasteiger partial charge in [0.25, 0.3) is 0 Å². The van der Waals surface area contributed by atoms with Gasteiger partial charge in [0.05, 0.1) is 0 Å². The molecule has 1 unspecified atom stereocenters. The van der Waals surface area contributed by atoms with Crippen LogP contribution >= 0.6 is 0 Å². The van der Waals surface area contributed by atoms with Crippen molar-refractivity contribution in [3.05, 3.63) is 126 Å². The van der Waals surface area contributed by atoms with E-state index in [1.54, 1.807) is 25.1 Å². The molecule has 3 aromatic rings. The third kappa shape index (κ3) is 5.62. The van der Waals surface area contributed by atoms with E-state index in [-0.39, 0.29) is 35.6 Å². The standard InChI is InChI=1S/C25H25.C10H17Si.C8H8.2ClH.Zr/c1-14-12-24(3,4)22-8-16-7-17-9-23-19(15(2)13-25(23,5)6)11-21(17)20(16)10-18(14)22;1-8-6-9(2)10(7-8)11(3,4)5;1-2-8-6-4-3-5-7-8;;;/h7-13H,1-6H3;7-8H,1-5H3;3-7H,1H3;2*1H;/q;;;;;+2/p-2. The summed E-state index contributed by atoms with van der Waals surface area (Å²) in [5.74, 6) is 0.511. The summed E-state index contributed by atoms with van der Waals surface area (Å²) in [6.45, 7) is 29.4. The van der Waals surface area contributed by atoms with Crippen LogP contribution in [-0.2, 0) is 32.1 Å². The van der Waals surface area contributed by atoms with Gasteiger partial charge < -0.3 is 24.8 Å². The average Bonchev–Trinajstić information content (AvgIpc) is 3.59. The Balaban J connectivity index is 0.00000217. The Bertz CT molecular complexity index is 1890. The van der Waals surface area contributed by atoms with Gasteiger partial charge in [0.2, 0.25) is 0 Å². The molecule has 0 aliphatic heterocycles. The Labute approximate surface area is 305 Å². The molecule has 7 rings (SSSR count). The fourth-order valence-corrected chi connectivity index (χ4v) is 21.1. The van der Waals surface area contributed by atoms with Gasteiger partial charge in [-0.3, -0.25) is 0 Å². The Morgan fingerprint density at radius 2 is 1.17 bits per heavy atom. The SMILES string of the molecule is CC1=CC(C)(C)c2cc3c(cc21)-c1cc2c(cc1[CH]3/[Zr+2]([C]1=C(C)C([Si](C)(C)C)=CC1C)=[C](\C)c1ccccc1)C(C)(C)C=C2C.[Cl-].[Cl-]. The first-order valence-electron chi connectivity index (χ1n) is 17.0.